The molecule has 0 bridgehead atoms. The zero-order valence-corrected chi connectivity index (χ0v) is 7.31. The van der Waals surface area contributed by atoms with Crippen LogP contribution in [-0.2, 0) is 0 Å². The van der Waals surface area contributed by atoms with E-state index in [0.717, 1.165) is 11.3 Å². The highest BCUT2D eigenvalue weighted by atomic mass is 16.5. The molecule has 68 valence electrons. The molecule has 0 saturated heterocycles. The first kappa shape index (κ1) is 8.32. The summed E-state index contributed by atoms with van der Waals surface area (Å²) in [6.45, 7) is 4.12. The average molecular weight is 176 g/mol. The summed E-state index contributed by atoms with van der Waals surface area (Å²) in [5, 5.41) is 9.61. The fourth-order valence-corrected chi connectivity index (χ4v) is 1.63. The van der Waals surface area contributed by atoms with E-state index in [2.05, 4.69) is 6.58 Å². The van der Waals surface area contributed by atoms with Crippen molar-refractivity contribution in [2.24, 2.45) is 0 Å². The van der Waals surface area contributed by atoms with Crippen LogP contribution in [0.3, 0.4) is 0 Å². The van der Waals surface area contributed by atoms with E-state index in [0.29, 0.717) is 6.61 Å². The van der Waals surface area contributed by atoms with Crippen LogP contribution in [0.1, 0.15) is 11.5 Å². The summed E-state index contributed by atoms with van der Waals surface area (Å²) in [6, 6.07) is 7.79. The van der Waals surface area contributed by atoms with Crippen molar-refractivity contribution in [3.63, 3.8) is 0 Å². The first-order valence-corrected chi connectivity index (χ1v) is 4.35. The molecule has 1 aliphatic rings. The van der Waals surface area contributed by atoms with Crippen LogP contribution in [0.5, 0.6) is 5.75 Å². The number of aliphatic hydroxyl groups is 1. The van der Waals surface area contributed by atoms with E-state index in [4.69, 9.17) is 4.74 Å². The lowest BCUT2D eigenvalue weighted by molar-refractivity contribution is 0.170. The number of hydrogen-bond acceptors (Lipinski definition) is 2. The third-order valence-electron chi connectivity index (χ3n) is 2.39. The molecule has 1 aliphatic heterocycles. The largest absolute Gasteiger partial charge is 0.493 e. The Morgan fingerprint density at radius 1 is 1.54 bits per heavy atom. The van der Waals surface area contributed by atoms with Gasteiger partial charge in [0.05, 0.1) is 18.6 Å². The Bertz CT molecular complexity index is 320. The monoisotopic (exact) mass is 176 g/mol. The molecular formula is C11H12O2. The Morgan fingerprint density at radius 3 is 3.08 bits per heavy atom. The van der Waals surface area contributed by atoms with Crippen LogP contribution in [0.25, 0.3) is 0 Å². The number of hydrogen-bond donors (Lipinski definition) is 1. The number of benzene rings is 1. The van der Waals surface area contributed by atoms with Crippen molar-refractivity contribution in [1.82, 2.24) is 0 Å². The van der Waals surface area contributed by atoms with Crippen LogP contribution in [-0.4, -0.2) is 17.8 Å². The van der Waals surface area contributed by atoms with Crippen molar-refractivity contribution in [2.45, 2.75) is 12.0 Å². The lowest BCUT2D eigenvalue weighted by Gasteiger charge is -2.11. The predicted molar refractivity (Wildman–Crippen MR) is 50.9 cm³/mol. The van der Waals surface area contributed by atoms with Crippen LogP contribution in [0, 0.1) is 0 Å². The minimum absolute atomic E-state index is 0.0497. The minimum atomic E-state index is -0.511. The third kappa shape index (κ3) is 1.33. The molecule has 0 aliphatic carbocycles. The Labute approximate surface area is 77.5 Å². The maximum atomic E-state index is 9.61. The number of para-hydroxylation sites is 1. The number of fused-ring (bicyclic) bond motifs is 1. The molecule has 1 aromatic rings. The van der Waals surface area contributed by atoms with Gasteiger partial charge in [0.15, 0.2) is 0 Å². The van der Waals surface area contributed by atoms with E-state index in [1.165, 1.54) is 0 Å². The average Bonchev–Trinajstić information content (AvgIpc) is 2.60. The molecule has 0 saturated carbocycles. The van der Waals surface area contributed by atoms with E-state index in [-0.39, 0.29) is 5.92 Å². The smallest absolute Gasteiger partial charge is 0.123 e. The molecule has 2 nitrogen and oxygen atoms in total. The maximum absolute atomic E-state index is 9.61. The zero-order chi connectivity index (χ0) is 9.26. The highest BCUT2D eigenvalue weighted by Gasteiger charge is 2.27. The molecule has 2 heteroatoms. The van der Waals surface area contributed by atoms with Gasteiger partial charge in [0.2, 0.25) is 0 Å². The molecule has 0 fully saturated rings. The second-order valence-corrected chi connectivity index (χ2v) is 3.18. The molecule has 1 aromatic carbocycles. The van der Waals surface area contributed by atoms with Crippen molar-refractivity contribution in [1.29, 1.82) is 0 Å². The molecule has 0 spiro atoms. The standard InChI is InChI=1S/C11H12O2/c1-2-10(12)9-7-13-11-6-4-3-5-8(9)11/h2-6,9-10,12H,1,7H2. The van der Waals surface area contributed by atoms with Crippen LogP contribution < -0.4 is 4.74 Å². The van der Waals surface area contributed by atoms with E-state index in [1.54, 1.807) is 6.08 Å². The van der Waals surface area contributed by atoms with Gasteiger partial charge in [0.25, 0.3) is 0 Å². The summed E-state index contributed by atoms with van der Waals surface area (Å²) >= 11 is 0. The molecule has 2 rings (SSSR count). The van der Waals surface area contributed by atoms with Crippen LogP contribution in [0.4, 0.5) is 0 Å². The molecule has 0 aromatic heterocycles. The van der Waals surface area contributed by atoms with Gasteiger partial charge >= 0.3 is 0 Å². The predicted octanol–water partition coefficient (Wildman–Crippen LogP) is 1.71. The van der Waals surface area contributed by atoms with Gasteiger partial charge in [-0.05, 0) is 6.07 Å². The van der Waals surface area contributed by atoms with E-state index < -0.39 is 6.10 Å². The fraction of sp³-hybridized carbons (Fsp3) is 0.273. The second-order valence-electron chi connectivity index (χ2n) is 3.18. The molecule has 2 unspecified atom stereocenters. The molecule has 0 amide bonds. The van der Waals surface area contributed by atoms with Crippen molar-refractivity contribution >= 4 is 0 Å². The normalized spacial score (nSPS) is 21.8. The van der Waals surface area contributed by atoms with Gasteiger partial charge < -0.3 is 9.84 Å². The molecule has 1 heterocycles. The zero-order valence-electron chi connectivity index (χ0n) is 7.31. The lowest BCUT2D eigenvalue weighted by atomic mass is 9.96. The molecule has 0 radical (unpaired) electrons. The Balaban J connectivity index is 2.33. The van der Waals surface area contributed by atoms with Crippen LogP contribution in [0.2, 0.25) is 0 Å². The van der Waals surface area contributed by atoms with Crippen LogP contribution in [0.15, 0.2) is 36.9 Å². The Kier molecular flexibility index (Phi) is 2.07. The summed E-state index contributed by atoms with van der Waals surface area (Å²) in [5.41, 5.74) is 1.08. The van der Waals surface area contributed by atoms with E-state index >= 15 is 0 Å². The Hall–Kier alpha value is -1.28. The molecule has 13 heavy (non-hydrogen) atoms. The van der Waals surface area contributed by atoms with Crippen LogP contribution >= 0.6 is 0 Å². The highest BCUT2D eigenvalue weighted by Crippen LogP contribution is 2.35. The first-order chi connectivity index (χ1) is 6.33. The third-order valence-corrected chi connectivity index (χ3v) is 2.39. The molecular weight excluding hydrogens is 164 g/mol. The summed E-state index contributed by atoms with van der Waals surface area (Å²) in [4.78, 5) is 0. The Morgan fingerprint density at radius 2 is 2.31 bits per heavy atom. The summed E-state index contributed by atoms with van der Waals surface area (Å²) < 4.78 is 5.43. The van der Waals surface area contributed by atoms with Gasteiger partial charge in [-0.25, -0.2) is 0 Å². The quantitative estimate of drug-likeness (QED) is 0.695. The van der Waals surface area contributed by atoms with Gasteiger partial charge in [0.1, 0.15) is 5.75 Å². The van der Waals surface area contributed by atoms with Gasteiger partial charge in [0, 0.05) is 5.56 Å². The second kappa shape index (κ2) is 3.23. The maximum Gasteiger partial charge on any atom is 0.123 e. The lowest BCUT2D eigenvalue weighted by Crippen LogP contribution is -2.16. The van der Waals surface area contributed by atoms with Gasteiger partial charge in [-0.2, -0.15) is 0 Å². The summed E-state index contributed by atoms with van der Waals surface area (Å²) in [6.07, 6.45) is 1.04. The minimum Gasteiger partial charge on any atom is -0.493 e. The fourth-order valence-electron chi connectivity index (χ4n) is 1.63. The van der Waals surface area contributed by atoms with E-state index in [1.807, 2.05) is 24.3 Å². The SMILES string of the molecule is C=CC(O)C1COc2ccccc21. The highest BCUT2D eigenvalue weighted by molar-refractivity contribution is 5.40. The molecule has 2 atom stereocenters. The van der Waals surface area contributed by atoms with Gasteiger partial charge in [-0.15, -0.1) is 6.58 Å². The van der Waals surface area contributed by atoms with Crippen molar-refractivity contribution < 1.29 is 9.84 Å². The number of ether oxygens (including phenoxy) is 1. The van der Waals surface area contributed by atoms with Crippen molar-refractivity contribution in [3.05, 3.63) is 42.5 Å². The first-order valence-electron chi connectivity index (χ1n) is 4.35. The summed E-state index contributed by atoms with van der Waals surface area (Å²) in [5.74, 6) is 0.932. The topological polar surface area (TPSA) is 29.5 Å². The number of rotatable bonds is 2. The summed E-state index contributed by atoms with van der Waals surface area (Å²) in [7, 11) is 0. The van der Waals surface area contributed by atoms with Gasteiger partial charge in [-0.1, -0.05) is 24.3 Å². The van der Waals surface area contributed by atoms with Gasteiger partial charge in [-0.3, -0.25) is 0 Å². The van der Waals surface area contributed by atoms with Crippen molar-refractivity contribution in [2.75, 3.05) is 6.61 Å². The van der Waals surface area contributed by atoms with E-state index in [9.17, 15) is 5.11 Å². The molecule has 1 N–H and O–H groups in total. The number of aliphatic hydroxyl groups excluding tert-OH is 1. The van der Waals surface area contributed by atoms with Crippen molar-refractivity contribution in [3.8, 4) is 5.75 Å².